The van der Waals surface area contributed by atoms with Gasteiger partial charge in [0.15, 0.2) is 9.84 Å². The van der Waals surface area contributed by atoms with Crippen LogP contribution in [0.3, 0.4) is 0 Å². The van der Waals surface area contributed by atoms with E-state index in [4.69, 9.17) is 14.7 Å². The molecule has 12 heteroatoms. The summed E-state index contributed by atoms with van der Waals surface area (Å²) in [7, 11) is 0.0339. The largest absolute Gasteiger partial charge is 0.481 e. The van der Waals surface area contributed by atoms with Crippen LogP contribution in [0.4, 0.5) is 5.95 Å². The van der Waals surface area contributed by atoms with Crippen LogP contribution < -0.4 is 9.64 Å². The molecule has 204 valence electrons. The fourth-order valence-electron chi connectivity index (χ4n) is 5.10. The molecule has 3 aromatic heterocycles. The number of fused-ring (bicyclic) bond motifs is 1. The van der Waals surface area contributed by atoms with Crippen LogP contribution in [0.1, 0.15) is 35.3 Å². The van der Waals surface area contributed by atoms with Gasteiger partial charge >= 0.3 is 0 Å². The molecule has 2 aliphatic rings. The molecule has 0 aliphatic carbocycles. The van der Waals surface area contributed by atoms with Gasteiger partial charge in [-0.15, -0.1) is 11.3 Å². The highest BCUT2D eigenvalue weighted by Gasteiger charge is 2.26. The fourth-order valence-corrected chi connectivity index (χ4v) is 6.99. The molecule has 2 saturated heterocycles. The number of amides is 1. The number of aryl methyl sites for hydroxylation is 1. The zero-order valence-corrected chi connectivity index (χ0v) is 24.0. The summed E-state index contributed by atoms with van der Waals surface area (Å²) in [5.74, 6) is 0.932. The third-order valence-corrected chi connectivity index (χ3v) is 9.17. The minimum Gasteiger partial charge on any atom is -0.481 e. The lowest BCUT2D eigenvalue weighted by Gasteiger charge is -2.32. The summed E-state index contributed by atoms with van der Waals surface area (Å²) in [6, 6.07) is 1.82. The maximum atomic E-state index is 12.4. The lowest BCUT2D eigenvalue weighted by molar-refractivity contribution is -0.134. The number of sulfone groups is 1. The molecule has 2 aliphatic heterocycles. The van der Waals surface area contributed by atoms with E-state index in [9.17, 15) is 13.2 Å². The summed E-state index contributed by atoms with van der Waals surface area (Å²) in [6.45, 7) is 6.44. The summed E-state index contributed by atoms with van der Waals surface area (Å²) in [4.78, 5) is 34.2. The second-order valence-corrected chi connectivity index (χ2v) is 13.6. The minimum atomic E-state index is -3.30. The van der Waals surface area contributed by atoms with Gasteiger partial charge in [-0.2, -0.15) is 0 Å². The molecule has 2 fully saturated rings. The van der Waals surface area contributed by atoms with E-state index in [2.05, 4.69) is 21.7 Å². The topological polar surface area (TPSA) is 109 Å². The molecule has 10 nitrogen and oxygen atoms in total. The zero-order valence-electron chi connectivity index (χ0n) is 22.4. The Hall–Kier alpha value is -2.83. The maximum absolute atomic E-state index is 12.4. The van der Waals surface area contributed by atoms with Crippen molar-refractivity contribution >= 4 is 43.2 Å². The van der Waals surface area contributed by atoms with E-state index in [1.54, 1.807) is 22.4 Å². The highest BCUT2D eigenvalue weighted by atomic mass is 32.2. The van der Waals surface area contributed by atoms with Gasteiger partial charge < -0.3 is 14.5 Å². The van der Waals surface area contributed by atoms with E-state index in [1.165, 1.54) is 19.8 Å². The van der Waals surface area contributed by atoms with Crippen molar-refractivity contribution in [2.75, 3.05) is 58.0 Å². The third kappa shape index (κ3) is 5.62. The van der Waals surface area contributed by atoms with Gasteiger partial charge in [-0.1, -0.05) is 0 Å². The van der Waals surface area contributed by atoms with E-state index < -0.39 is 9.84 Å². The molecular weight excluding hydrogens is 524 g/mol. The summed E-state index contributed by atoms with van der Waals surface area (Å²) < 4.78 is 30.6. The van der Waals surface area contributed by atoms with Crippen LogP contribution in [0.2, 0.25) is 0 Å². The average Bonchev–Trinajstić information content (AvgIpc) is 3.20. The van der Waals surface area contributed by atoms with Crippen molar-refractivity contribution < 1.29 is 17.9 Å². The molecule has 1 amide bonds. The summed E-state index contributed by atoms with van der Waals surface area (Å²) in [6.07, 6.45) is 6.29. The predicted octanol–water partition coefficient (Wildman–Crippen LogP) is 2.88. The van der Waals surface area contributed by atoms with Crippen LogP contribution in [0.5, 0.6) is 5.88 Å². The average molecular weight is 559 g/mol. The fraction of sp³-hybridized carbons (Fsp3) is 0.538. The van der Waals surface area contributed by atoms with Gasteiger partial charge in [0.2, 0.25) is 17.7 Å². The van der Waals surface area contributed by atoms with Crippen molar-refractivity contribution in [2.24, 2.45) is 0 Å². The van der Waals surface area contributed by atoms with E-state index in [-0.39, 0.29) is 11.7 Å². The first-order valence-corrected chi connectivity index (χ1v) is 15.7. The Kier molecular flexibility index (Phi) is 7.56. The number of pyridine rings is 1. The third-order valence-electron chi connectivity index (χ3n) is 7.19. The molecule has 5 rings (SSSR count). The molecular formula is C26H34N6O4S2. The van der Waals surface area contributed by atoms with Crippen molar-refractivity contribution in [3.05, 3.63) is 28.3 Å². The SMILES string of the molecule is COc1ncc(-c2nc(N3CCCCC3)nc3c(CN4CCN(C)C(=O)C4)c(C)sc23)cc1CS(C)(=O)=O. The normalized spacial score (nSPS) is 17.4. The predicted molar refractivity (Wildman–Crippen MR) is 149 cm³/mol. The number of likely N-dealkylation sites (N-methyl/N-ethyl adjacent to an activating group) is 1. The van der Waals surface area contributed by atoms with Gasteiger partial charge in [0, 0.05) is 73.8 Å². The number of anilines is 1. The van der Waals surface area contributed by atoms with Gasteiger partial charge in [-0.05, 0) is 32.3 Å². The molecule has 38 heavy (non-hydrogen) atoms. The number of carbonyl (C=O) groups is 1. The van der Waals surface area contributed by atoms with E-state index in [1.807, 2.05) is 13.1 Å². The standard InChI is InChI=1S/C26H34N6O4S2/c1-17-20(14-31-11-10-30(2)21(33)15-31)23-24(37-17)22(28-26(29-23)32-8-6-5-7-9-32)18-12-19(16-38(4,34)35)25(36-3)27-13-18/h12-13H,5-11,14-16H2,1-4H3. The Balaban J connectivity index is 1.63. The van der Waals surface area contributed by atoms with Gasteiger partial charge in [-0.25, -0.2) is 23.4 Å². The second-order valence-electron chi connectivity index (χ2n) is 10.2. The number of piperazine rings is 1. The number of nitrogens with zero attached hydrogens (tertiary/aromatic N) is 6. The molecule has 0 unspecified atom stereocenters. The molecule has 0 radical (unpaired) electrons. The van der Waals surface area contributed by atoms with E-state index in [0.717, 1.165) is 64.4 Å². The highest BCUT2D eigenvalue weighted by Crippen LogP contribution is 2.39. The molecule has 5 heterocycles. The number of ether oxygens (including phenoxy) is 1. The number of methoxy groups -OCH3 is 1. The number of thiophene rings is 1. The minimum absolute atomic E-state index is 0.125. The van der Waals surface area contributed by atoms with Gasteiger partial charge in [0.25, 0.3) is 0 Å². The van der Waals surface area contributed by atoms with Crippen LogP contribution >= 0.6 is 11.3 Å². The van der Waals surface area contributed by atoms with Crippen LogP contribution in [-0.4, -0.2) is 92.2 Å². The molecule has 0 N–H and O–H groups in total. The quantitative estimate of drug-likeness (QED) is 0.432. The van der Waals surface area contributed by atoms with Crippen molar-refractivity contribution in [1.82, 2.24) is 24.8 Å². The Morgan fingerprint density at radius 3 is 2.55 bits per heavy atom. The van der Waals surface area contributed by atoms with E-state index in [0.29, 0.717) is 37.0 Å². The van der Waals surface area contributed by atoms with Crippen molar-refractivity contribution in [1.29, 1.82) is 0 Å². The first-order chi connectivity index (χ1) is 18.1. The van der Waals surface area contributed by atoms with E-state index >= 15 is 0 Å². The number of rotatable bonds is 7. The number of carbonyl (C=O) groups excluding carboxylic acids is 1. The maximum Gasteiger partial charge on any atom is 0.236 e. The van der Waals surface area contributed by atoms with Crippen LogP contribution in [0, 0.1) is 6.92 Å². The highest BCUT2D eigenvalue weighted by molar-refractivity contribution is 7.89. The van der Waals surface area contributed by atoms with Gasteiger partial charge in [-0.3, -0.25) is 9.69 Å². The smallest absolute Gasteiger partial charge is 0.236 e. The van der Waals surface area contributed by atoms with Crippen LogP contribution in [0.15, 0.2) is 12.3 Å². The number of aromatic nitrogens is 3. The molecule has 0 bridgehead atoms. The second kappa shape index (κ2) is 10.7. The monoisotopic (exact) mass is 558 g/mol. The zero-order chi connectivity index (χ0) is 27.0. The van der Waals surface area contributed by atoms with Crippen molar-refractivity contribution in [3.8, 4) is 17.1 Å². The molecule has 0 saturated carbocycles. The lowest BCUT2D eigenvalue weighted by atomic mass is 10.1. The molecule has 0 spiro atoms. The van der Waals surface area contributed by atoms with Gasteiger partial charge in [0.1, 0.15) is 0 Å². The Morgan fingerprint density at radius 1 is 1.11 bits per heavy atom. The summed E-state index contributed by atoms with van der Waals surface area (Å²) in [5.41, 5.74) is 3.99. The van der Waals surface area contributed by atoms with Crippen LogP contribution in [0.25, 0.3) is 21.5 Å². The molecule has 0 atom stereocenters. The van der Waals surface area contributed by atoms with Crippen LogP contribution in [-0.2, 0) is 26.9 Å². The number of piperidine rings is 1. The first-order valence-electron chi connectivity index (χ1n) is 12.8. The van der Waals surface area contributed by atoms with Crippen molar-refractivity contribution in [3.63, 3.8) is 0 Å². The number of hydrogen-bond donors (Lipinski definition) is 0. The Labute approximate surface area is 227 Å². The lowest BCUT2D eigenvalue weighted by Crippen LogP contribution is -2.48. The first kappa shape index (κ1) is 26.8. The summed E-state index contributed by atoms with van der Waals surface area (Å²) >= 11 is 1.63. The van der Waals surface area contributed by atoms with Crippen molar-refractivity contribution in [2.45, 2.75) is 38.5 Å². The Morgan fingerprint density at radius 2 is 1.87 bits per heavy atom. The molecule has 0 aromatic carbocycles. The Bertz CT molecular complexity index is 1470. The van der Waals surface area contributed by atoms with Gasteiger partial charge in [0.05, 0.1) is 35.3 Å². The molecule has 3 aromatic rings. The number of hydrogen-bond acceptors (Lipinski definition) is 10. The summed E-state index contributed by atoms with van der Waals surface area (Å²) in [5, 5.41) is 0.